The van der Waals surface area contributed by atoms with Crippen LogP contribution in [0.1, 0.15) is 33.6 Å². The van der Waals surface area contributed by atoms with Gasteiger partial charge in [0.15, 0.2) is 0 Å². The van der Waals surface area contributed by atoms with Gasteiger partial charge in [0.2, 0.25) is 0 Å². The molecule has 1 nitrogen and oxygen atoms in total. The molecule has 0 bridgehead atoms. The SMILES string of the molecule is CCC(C)C([O-])CC.[Na+]. The standard InChI is InChI=1S/C7H15O.Na/c1-4-6(3)7(8)5-2;/h6-7H,4-5H2,1-3H3;/q-1;+1. The zero-order valence-electron chi connectivity index (χ0n) is 6.98. The molecule has 0 fully saturated rings. The normalized spacial score (nSPS) is 16.0. The molecule has 9 heavy (non-hydrogen) atoms. The third-order valence-corrected chi connectivity index (χ3v) is 1.68. The molecule has 50 valence electrons. The van der Waals surface area contributed by atoms with Crippen molar-refractivity contribution in [2.45, 2.75) is 39.7 Å². The summed E-state index contributed by atoms with van der Waals surface area (Å²) in [6.07, 6.45) is 1.46. The second-order valence-corrected chi connectivity index (χ2v) is 2.33. The molecule has 0 rings (SSSR count). The molecule has 2 heteroatoms. The van der Waals surface area contributed by atoms with E-state index in [1.54, 1.807) is 0 Å². The van der Waals surface area contributed by atoms with Crippen molar-refractivity contribution in [2.24, 2.45) is 5.92 Å². The second kappa shape index (κ2) is 7.07. The third-order valence-electron chi connectivity index (χ3n) is 1.68. The summed E-state index contributed by atoms with van der Waals surface area (Å²) < 4.78 is 0. The quantitative estimate of drug-likeness (QED) is 0.421. The van der Waals surface area contributed by atoms with Crippen molar-refractivity contribution in [3.05, 3.63) is 0 Å². The average Bonchev–Trinajstić information content (AvgIpc) is 1.84. The number of hydrogen-bond donors (Lipinski definition) is 0. The molecule has 0 aliphatic rings. The summed E-state index contributed by atoms with van der Waals surface area (Å²) in [5.74, 6) is 0.361. The van der Waals surface area contributed by atoms with Gasteiger partial charge in [-0.15, -0.1) is 6.10 Å². The van der Waals surface area contributed by atoms with E-state index in [4.69, 9.17) is 0 Å². The zero-order chi connectivity index (χ0) is 6.57. The van der Waals surface area contributed by atoms with Crippen molar-refractivity contribution in [2.75, 3.05) is 0 Å². The van der Waals surface area contributed by atoms with Crippen LogP contribution >= 0.6 is 0 Å². The summed E-state index contributed by atoms with van der Waals surface area (Å²) >= 11 is 0. The van der Waals surface area contributed by atoms with Gasteiger partial charge < -0.3 is 5.11 Å². The Balaban J connectivity index is 0. The van der Waals surface area contributed by atoms with Crippen LogP contribution in [0.25, 0.3) is 0 Å². The average molecular weight is 138 g/mol. The summed E-state index contributed by atoms with van der Waals surface area (Å²) in [4.78, 5) is 0. The summed E-state index contributed by atoms with van der Waals surface area (Å²) in [5, 5.41) is 10.8. The summed E-state index contributed by atoms with van der Waals surface area (Å²) in [6.45, 7) is 6.02. The molecule has 0 radical (unpaired) electrons. The minimum atomic E-state index is -0.333. The molecular formula is C7H15NaO. The molecule has 0 aromatic heterocycles. The van der Waals surface area contributed by atoms with Crippen LogP contribution in [0, 0.1) is 5.92 Å². The molecular weight excluding hydrogens is 123 g/mol. The number of hydrogen-bond acceptors (Lipinski definition) is 1. The van der Waals surface area contributed by atoms with E-state index in [9.17, 15) is 5.11 Å². The molecule has 0 spiro atoms. The fraction of sp³-hybridized carbons (Fsp3) is 1.00. The maximum atomic E-state index is 10.8. The van der Waals surface area contributed by atoms with Crippen molar-refractivity contribution >= 4 is 0 Å². The minimum Gasteiger partial charge on any atom is -0.852 e. The van der Waals surface area contributed by atoms with Crippen LogP contribution in [0.15, 0.2) is 0 Å². The fourth-order valence-electron chi connectivity index (χ4n) is 0.665. The van der Waals surface area contributed by atoms with Gasteiger partial charge in [-0.2, -0.15) is 0 Å². The fourth-order valence-corrected chi connectivity index (χ4v) is 0.665. The Morgan fingerprint density at radius 2 is 1.67 bits per heavy atom. The van der Waals surface area contributed by atoms with Gasteiger partial charge in [-0.3, -0.25) is 0 Å². The Labute approximate surface area is 80.1 Å². The Hall–Kier alpha value is 0.960. The summed E-state index contributed by atoms with van der Waals surface area (Å²) in [6, 6.07) is 0. The first-order chi connectivity index (χ1) is 3.72. The minimum absolute atomic E-state index is 0. The van der Waals surface area contributed by atoms with Crippen LogP contribution in [0.5, 0.6) is 0 Å². The van der Waals surface area contributed by atoms with Gasteiger partial charge in [-0.05, 0) is 0 Å². The van der Waals surface area contributed by atoms with Gasteiger partial charge in [-0.25, -0.2) is 0 Å². The van der Waals surface area contributed by atoms with Crippen LogP contribution in [0.3, 0.4) is 0 Å². The molecule has 2 atom stereocenters. The maximum absolute atomic E-state index is 10.8. The molecule has 0 heterocycles. The van der Waals surface area contributed by atoms with Crippen molar-refractivity contribution in [3.8, 4) is 0 Å². The smallest absolute Gasteiger partial charge is 0.852 e. The van der Waals surface area contributed by atoms with E-state index in [-0.39, 0.29) is 35.7 Å². The molecule has 0 aliphatic carbocycles. The van der Waals surface area contributed by atoms with Gasteiger partial charge >= 0.3 is 29.6 Å². The first kappa shape index (κ1) is 12.6. The van der Waals surface area contributed by atoms with E-state index in [0.717, 1.165) is 12.8 Å². The van der Waals surface area contributed by atoms with Crippen molar-refractivity contribution in [1.82, 2.24) is 0 Å². The van der Waals surface area contributed by atoms with Crippen LogP contribution in [0.2, 0.25) is 0 Å². The van der Waals surface area contributed by atoms with Crippen molar-refractivity contribution in [1.29, 1.82) is 0 Å². The molecule has 0 N–H and O–H groups in total. The summed E-state index contributed by atoms with van der Waals surface area (Å²) in [5.41, 5.74) is 0. The van der Waals surface area contributed by atoms with Crippen LogP contribution in [0.4, 0.5) is 0 Å². The van der Waals surface area contributed by atoms with Crippen LogP contribution < -0.4 is 34.7 Å². The first-order valence-corrected chi connectivity index (χ1v) is 3.38. The van der Waals surface area contributed by atoms with Crippen LogP contribution in [-0.2, 0) is 0 Å². The molecule has 0 saturated heterocycles. The van der Waals surface area contributed by atoms with Gasteiger partial charge in [0, 0.05) is 0 Å². The van der Waals surface area contributed by atoms with Gasteiger partial charge in [-0.1, -0.05) is 39.5 Å². The molecule has 2 unspecified atom stereocenters. The third kappa shape index (κ3) is 5.41. The van der Waals surface area contributed by atoms with E-state index in [2.05, 4.69) is 6.92 Å². The Kier molecular flexibility index (Phi) is 9.92. The van der Waals surface area contributed by atoms with Crippen molar-refractivity contribution < 1.29 is 34.7 Å². The van der Waals surface area contributed by atoms with Gasteiger partial charge in [0.05, 0.1) is 0 Å². The van der Waals surface area contributed by atoms with E-state index in [1.807, 2.05) is 13.8 Å². The van der Waals surface area contributed by atoms with Crippen molar-refractivity contribution in [3.63, 3.8) is 0 Å². The maximum Gasteiger partial charge on any atom is 1.00 e. The predicted octanol–water partition coefficient (Wildman–Crippen LogP) is -1.82. The molecule has 0 aromatic rings. The molecule has 0 aliphatic heterocycles. The monoisotopic (exact) mass is 138 g/mol. The molecule has 0 saturated carbocycles. The van der Waals surface area contributed by atoms with E-state index in [0.29, 0.717) is 5.92 Å². The van der Waals surface area contributed by atoms with E-state index in [1.165, 1.54) is 0 Å². The van der Waals surface area contributed by atoms with Crippen LogP contribution in [-0.4, -0.2) is 6.10 Å². The second-order valence-electron chi connectivity index (χ2n) is 2.33. The summed E-state index contributed by atoms with van der Waals surface area (Å²) in [7, 11) is 0. The molecule has 0 amide bonds. The molecule has 0 aromatic carbocycles. The van der Waals surface area contributed by atoms with Gasteiger partial charge in [0.25, 0.3) is 0 Å². The topological polar surface area (TPSA) is 23.1 Å². The van der Waals surface area contributed by atoms with E-state index >= 15 is 0 Å². The number of rotatable bonds is 3. The Morgan fingerprint density at radius 1 is 1.22 bits per heavy atom. The zero-order valence-corrected chi connectivity index (χ0v) is 8.98. The first-order valence-electron chi connectivity index (χ1n) is 3.38. The Bertz CT molecular complexity index is 48.9. The Morgan fingerprint density at radius 3 is 1.78 bits per heavy atom. The largest absolute Gasteiger partial charge is 1.00 e. The van der Waals surface area contributed by atoms with E-state index < -0.39 is 0 Å². The predicted molar refractivity (Wildman–Crippen MR) is 33.5 cm³/mol. The van der Waals surface area contributed by atoms with Gasteiger partial charge in [0.1, 0.15) is 0 Å².